The number of rotatable bonds is 3. The van der Waals surface area contributed by atoms with Crippen molar-refractivity contribution in [3.8, 4) is 0 Å². The molecule has 160 valence electrons. The molecule has 0 atom stereocenters. The number of aliphatic hydroxyl groups excluding tert-OH is 1. The van der Waals surface area contributed by atoms with Crippen molar-refractivity contribution >= 4 is 68.4 Å². The van der Waals surface area contributed by atoms with Gasteiger partial charge >= 0.3 is 0 Å². The second kappa shape index (κ2) is 20.6. The van der Waals surface area contributed by atoms with E-state index in [1.54, 1.807) is 19.1 Å². The fourth-order valence-corrected chi connectivity index (χ4v) is 1.99. The highest BCUT2D eigenvalue weighted by Gasteiger charge is 1.99. The van der Waals surface area contributed by atoms with Crippen molar-refractivity contribution in [2.45, 2.75) is 13.8 Å². The van der Waals surface area contributed by atoms with Gasteiger partial charge in [0.15, 0.2) is 0 Å². The number of aliphatic hydroxyl groups is 1. The van der Waals surface area contributed by atoms with Crippen LogP contribution in [0.1, 0.15) is 25.0 Å². The van der Waals surface area contributed by atoms with E-state index in [9.17, 15) is 0 Å². The topological polar surface area (TPSA) is 138 Å². The number of nitrogens with two attached hydrogens (primary N) is 1. The zero-order valence-corrected chi connectivity index (χ0v) is 20.6. The number of halogens is 4. The van der Waals surface area contributed by atoms with Crippen LogP contribution >= 0.6 is 56.7 Å². The lowest BCUT2D eigenvalue weighted by atomic mass is 10.2. The van der Waals surface area contributed by atoms with Crippen LogP contribution in [0, 0.1) is 10.8 Å². The molecule has 0 aliphatic carbocycles. The molecule has 0 bridgehead atoms. The van der Waals surface area contributed by atoms with Gasteiger partial charge < -0.3 is 21.7 Å². The lowest BCUT2D eigenvalue weighted by Crippen LogP contribution is -2.10. The quantitative estimate of drug-likeness (QED) is 0.247. The van der Waals surface area contributed by atoms with Crippen molar-refractivity contribution in [3.05, 3.63) is 68.6 Å². The van der Waals surface area contributed by atoms with Gasteiger partial charge in [0.25, 0.3) is 0 Å². The van der Waals surface area contributed by atoms with E-state index in [1.165, 1.54) is 0 Å². The molecule has 10 heteroatoms. The maximum Gasteiger partial charge on any atom is 0.213 e. The zero-order chi connectivity index (χ0) is 19.2. The van der Waals surface area contributed by atoms with E-state index in [4.69, 9.17) is 26.4 Å². The third-order valence-corrected chi connectivity index (χ3v) is 3.61. The van der Waals surface area contributed by atoms with Gasteiger partial charge in [-0.2, -0.15) is 0 Å². The first kappa shape index (κ1) is 34.4. The fraction of sp³-hybridized carbons (Fsp3) is 0.222. The summed E-state index contributed by atoms with van der Waals surface area (Å²) in [6, 6.07) is 14.8. The Bertz CT molecular complexity index is 658. The third-order valence-electron chi connectivity index (χ3n) is 2.55. The minimum Gasteiger partial charge on any atom is -0.478 e. The second-order valence-electron chi connectivity index (χ2n) is 4.51. The van der Waals surface area contributed by atoms with Gasteiger partial charge in [-0.05, 0) is 50.2 Å². The molecular weight excluding hydrogens is 535 g/mol. The number of amidine groups is 1. The van der Waals surface area contributed by atoms with Crippen molar-refractivity contribution in [2.75, 3.05) is 13.2 Å². The molecule has 0 fully saturated rings. The van der Waals surface area contributed by atoms with Gasteiger partial charge in [0, 0.05) is 26.7 Å². The summed E-state index contributed by atoms with van der Waals surface area (Å²) in [5.74, 6) is 0.331. The monoisotopic (exact) mass is 560 g/mol. The molecular formula is C18H28Br2Cl2N4O2. The Morgan fingerprint density at radius 1 is 0.893 bits per heavy atom. The average Bonchev–Trinajstić information content (AvgIpc) is 2.57. The van der Waals surface area contributed by atoms with E-state index < -0.39 is 0 Å². The normalized spacial score (nSPS) is 8.04. The maximum absolute atomic E-state index is 7.57. The van der Waals surface area contributed by atoms with Gasteiger partial charge in [-0.3, -0.25) is 10.8 Å². The second-order valence-corrected chi connectivity index (χ2v) is 6.34. The summed E-state index contributed by atoms with van der Waals surface area (Å²) in [6.07, 6.45) is 0. The Morgan fingerprint density at radius 2 is 1.21 bits per heavy atom. The predicted molar refractivity (Wildman–Crippen MR) is 130 cm³/mol. The minimum absolute atomic E-state index is 0. The Hall–Kier alpha value is -1.16. The fourth-order valence-electron chi connectivity index (χ4n) is 1.46. The highest BCUT2D eigenvalue weighted by atomic mass is 79.9. The summed E-state index contributed by atoms with van der Waals surface area (Å²) >= 11 is 6.61. The molecule has 0 spiro atoms. The van der Waals surface area contributed by atoms with E-state index >= 15 is 0 Å². The molecule has 0 saturated carbocycles. The summed E-state index contributed by atoms with van der Waals surface area (Å²) < 4.78 is 7.04. The van der Waals surface area contributed by atoms with Gasteiger partial charge in [-0.15, -0.1) is 24.8 Å². The van der Waals surface area contributed by atoms with E-state index in [1.807, 2.05) is 43.3 Å². The van der Waals surface area contributed by atoms with Gasteiger partial charge in [-0.1, -0.05) is 44.0 Å². The number of hydrogen-bond acceptors (Lipinski definition) is 5. The van der Waals surface area contributed by atoms with Crippen LogP contribution in [0.2, 0.25) is 0 Å². The lowest BCUT2D eigenvalue weighted by Gasteiger charge is -2.03. The van der Waals surface area contributed by atoms with Gasteiger partial charge in [0.2, 0.25) is 5.90 Å². The van der Waals surface area contributed by atoms with Gasteiger partial charge in [0.1, 0.15) is 5.84 Å². The molecule has 0 saturated heterocycles. The smallest absolute Gasteiger partial charge is 0.213 e. The maximum atomic E-state index is 7.57. The van der Waals surface area contributed by atoms with Crippen LogP contribution < -0.4 is 11.9 Å². The molecule has 28 heavy (non-hydrogen) atoms. The largest absolute Gasteiger partial charge is 0.478 e. The minimum atomic E-state index is 0. The number of benzene rings is 2. The summed E-state index contributed by atoms with van der Waals surface area (Å²) in [5.41, 5.74) is 6.79. The van der Waals surface area contributed by atoms with Crippen LogP contribution in [0.15, 0.2) is 57.5 Å². The standard InChI is InChI=1S/C9H10BrNO.C7H7BrN2.C2H6O.2ClH.H3N/c1-2-12-9(11)7-3-5-8(10)6-4-7;8-6-3-1-5(2-4-6)7(9)10;1-2-3;;;/h3-6,11H,2H2,1H3;1-4H,(H3,9,10);3H,2H2,1H3;2*1H;1H3. The molecule has 0 aliphatic heterocycles. The molecule has 0 radical (unpaired) electrons. The highest BCUT2D eigenvalue weighted by molar-refractivity contribution is 9.10. The molecule has 0 amide bonds. The Morgan fingerprint density at radius 3 is 1.50 bits per heavy atom. The zero-order valence-electron chi connectivity index (χ0n) is 15.7. The summed E-state index contributed by atoms with van der Waals surface area (Å²) in [4.78, 5) is 0. The first-order valence-corrected chi connectivity index (χ1v) is 9.12. The number of hydrogen-bond donors (Lipinski definition) is 5. The first-order chi connectivity index (χ1) is 11.8. The summed E-state index contributed by atoms with van der Waals surface area (Å²) in [6.45, 7) is 4.34. The SMILES string of the molecule is CCO.CCOC(=N)c1ccc(Br)cc1.Cl.Cl.N.N=C(N)c1ccc(Br)cc1. The molecule has 2 rings (SSSR count). The molecule has 2 aromatic rings. The van der Waals surface area contributed by atoms with Crippen molar-refractivity contribution in [1.82, 2.24) is 6.15 Å². The van der Waals surface area contributed by atoms with Gasteiger partial charge in [-0.25, -0.2) is 0 Å². The number of nitrogen functional groups attached to an aromatic ring is 1. The third kappa shape index (κ3) is 15.9. The van der Waals surface area contributed by atoms with E-state index in [-0.39, 0.29) is 49.3 Å². The Labute approximate surface area is 195 Å². The number of ether oxygens (including phenoxy) is 1. The Kier molecular flexibility index (Phi) is 25.2. The highest BCUT2D eigenvalue weighted by Crippen LogP contribution is 2.11. The molecule has 2 aromatic carbocycles. The molecule has 6 nitrogen and oxygen atoms in total. The van der Waals surface area contributed by atoms with Crippen molar-refractivity contribution in [1.29, 1.82) is 10.8 Å². The van der Waals surface area contributed by atoms with Crippen LogP contribution in [0.25, 0.3) is 0 Å². The summed E-state index contributed by atoms with van der Waals surface area (Å²) in [7, 11) is 0. The van der Waals surface area contributed by atoms with Crippen LogP contribution in [-0.4, -0.2) is 30.1 Å². The van der Waals surface area contributed by atoms with E-state index in [0.29, 0.717) is 6.61 Å². The molecule has 8 N–H and O–H groups in total. The van der Waals surface area contributed by atoms with E-state index in [0.717, 1.165) is 20.1 Å². The number of nitrogens with one attached hydrogen (secondary N) is 2. The molecule has 0 unspecified atom stereocenters. The molecule has 0 aromatic heterocycles. The molecule has 0 heterocycles. The van der Waals surface area contributed by atoms with Crippen LogP contribution in [0.3, 0.4) is 0 Å². The average molecular weight is 563 g/mol. The van der Waals surface area contributed by atoms with Crippen molar-refractivity contribution in [3.63, 3.8) is 0 Å². The van der Waals surface area contributed by atoms with Crippen LogP contribution in [-0.2, 0) is 4.74 Å². The van der Waals surface area contributed by atoms with Crippen molar-refractivity contribution < 1.29 is 9.84 Å². The molecule has 0 aliphatic rings. The van der Waals surface area contributed by atoms with Crippen molar-refractivity contribution in [2.24, 2.45) is 5.73 Å². The predicted octanol–water partition coefficient (Wildman–Crippen LogP) is 5.55. The van der Waals surface area contributed by atoms with Crippen LogP contribution in [0.5, 0.6) is 0 Å². The lowest BCUT2D eigenvalue weighted by molar-refractivity contribution is 0.318. The first-order valence-electron chi connectivity index (χ1n) is 7.53. The Balaban J connectivity index is -0.000000166. The van der Waals surface area contributed by atoms with Crippen LogP contribution in [0.4, 0.5) is 0 Å². The summed E-state index contributed by atoms with van der Waals surface area (Å²) in [5, 5.41) is 22.1. The van der Waals surface area contributed by atoms with Gasteiger partial charge in [0.05, 0.1) is 6.61 Å². The van der Waals surface area contributed by atoms with E-state index in [2.05, 4.69) is 31.9 Å².